The maximum atomic E-state index is 10.2. The summed E-state index contributed by atoms with van der Waals surface area (Å²) in [5.41, 5.74) is 2.50. The lowest BCUT2D eigenvalue weighted by molar-refractivity contribution is 0.0697. The Morgan fingerprint density at radius 2 is 1.23 bits per heavy atom. The molecule has 0 spiro atoms. The molecule has 3 aromatic carbocycles. The van der Waals surface area contributed by atoms with Gasteiger partial charge in [0.2, 0.25) is 0 Å². The van der Waals surface area contributed by atoms with Gasteiger partial charge >= 0.3 is 5.97 Å². The highest BCUT2D eigenvalue weighted by molar-refractivity contribution is 5.87. The van der Waals surface area contributed by atoms with Crippen molar-refractivity contribution in [2.24, 2.45) is 0 Å². The van der Waals surface area contributed by atoms with E-state index in [9.17, 15) is 9.90 Å². The Morgan fingerprint density at radius 1 is 0.682 bits per heavy atom. The standard InChI is InChI=1S/C12H10O.C7H6O2/c13-12-8-4-7-11(9-12)10-5-2-1-3-6-10;8-7(9)6-4-2-1-3-5-6/h1-9,13H;1-5H,(H,8,9). The third-order valence-electron chi connectivity index (χ3n) is 2.97. The van der Waals surface area contributed by atoms with Crippen molar-refractivity contribution in [3.63, 3.8) is 0 Å². The van der Waals surface area contributed by atoms with Crippen LogP contribution in [0.25, 0.3) is 11.1 Å². The highest BCUT2D eigenvalue weighted by Gasteiger charge is 1.97. The first-order valence-electron chi connectivity index (χ1n) is 6.79. The number of hydrogen-bond donors (Lipinski definition) is 2. The first-order chi connectivity index (χ1) is 10.7. The molecule has 3 rings (SSSR count). The lowest BCUT2D eigenvalue weighted by atomic mass is 10.1. The van der Waals surface area contributed by atoms with E-state index >= 15 is 0 Å². The van der Waals surface area contributed by atoms with Crippen LogP contribution in [-0.2, 0) is 0 Å². The Labute approximate surface area is 129 Å². The average Bonchev–Trinajstić information content (AvgIpc) is 2.57. The van der Waals surface area contributed by atoms with Crippen molar-refractivity contribution in [2.75, 3.05) is 0 Å². The smallest absolute Gasteiger partial charge is 0.335 e. The Kier molecular flexibility index (Phi) is 5.32. The molecule has 0 aliphatic heterocycles. The van der Waals surface area contributed by atoms with Crippen molar-refractivity contribution >= 4 is 5.97 Å². The second kappa shape index (κ2) is 7.64. The fraction of sp³-hybridized carbons (Fsp3) is 0. The number of carboxylic acid groups (broad SMARTS) is 1. The van der Waals surface area contributed by atoms with Crippen molar-refractivity contribution in [3.05, 3.63) is 90.5 Å². The average molecular weight is 292 g/mol. The van der Waals surface area contributed by atoms with Gasteiger partial charge in [0.1, 0.15) is 5.75 Å². The monoisotopic (exact) mass is 292 g/mol. The van der Waals surface area contributed by atoms with E-state index in [-0.39, 0.29) is 0 Å². The molecule has 0 aromatic heterocycles. The molecule has 0 radical (unpaired) electrons. The summed E-state index contributed by atoms with van der Waals surface area (Å²) in [5.74, 6) is -0.572. The Balaban J connectivity index is 0.000000172. The third kappa shape index (κ3) is 4.49. The van der Waals surface area contributed by atoms with Gasteiger partial charge in [0.25, 0.3) is 0 Å². The summed E-state index contributed by atoms with van der Waals surface area (Å²) in [6.07, 6.45) is 0. The topological polar surface area (TPSA) is 57.5 Å². The molecule has 110 valence electrons. The number of benzene rings is 3. The van der Waals surface area contributed by atoms with Crippen molar-refractivity contribution in [1.82, 2.24) is 0 Å². The van der Waals surface area contributed by atoms with Gasteiger partial charge in [0.05, 0.1) is 5.56 Å². The van der Waals surface area contributed by atoms with Crippen LogP contribution >= 0.6 is 0 Å². The van der Waals surface area contributed by atoms with Gasteiger partial charge in [0, 0.05) is 0 Å². The summed E-state index contributed by atoms with van der Waals surface area (Å²) in [4.78, 5) is 10.2. The van der Waals surface area contributed by atoms with E-state index < -0.39 is 5.97 Å². The number of carboxylic acids is 1. The van der Waals surface area contributed by atoms with E-state index in [1.807, 2.05) is 42.5 Å². The number of rotatable bonds is 2. The fourth-order valence-corrected chi connectivity index (χ4v) is 1.90. The number of phenols is 1. The molecule has 0 fully saturated rings. The molecule has 0 saturated carbocycles. The Morgan fingerprint density at radius 3 is 1.73 bits per heavy atom. The van der Waals surface area contributed by atoms with Gasteiger partial charge in [-0.25, -0.2) is 4.79 Å². The maximum Gasteiger partial charge on any atom is 0.335 e. The molecule has 3 heteroatoms. The highest BCUT2D eigenvalue weighted by Crippen LogP contribution is 2.22. The van der Waals surface area contributed by atoms with Gasteiger partial charge in [-0.2, -0.15) is 0 Å². The molecule has 0 unspecified atom stereocenters. The van der Waals surface area contributed by atoms with E-state index in [0.29, 0.717) is 11.3 Å². The molecule has 22 heavy (non-hydrogen) atoms. The molecule has 3 nitrogen and oxygen atoms in total. The Hall–Kier alpha value is -3.07. The number of hydrogen-bond acceptors (Lipinski definition) is 2. The molecule has 0 aliphatic carbocycles. The second-order valence-corrected chi connectivity index (χ2v) is 4.59. The van der Waals surface area contributed by atoms with Crippen molar-refractivity contribution < 1.29 is 15.0 Å². The molecule has 0 saturated heterocycles. The van der Waals surface area contributed by atoms with Crippen LogP contribution in [-0.4, -0.2) is 16.2 Å². The summed E-state index contributed by atoms with van der Waals surface area (Å²) >= 11 is 0. The lowest BCUT2D eigenvalue weighted by Crippen LogP contribution is -1.93. The van der Waals surface area contributed by atoms with Gasteiger partial charge in [-0.1, -0.05) is 60.7 Å². The molecule has 0 heterocycles. The summed E-state index contributed by atoms with van der Waals surface area (Å²) in [6.45, 7) is 0. The number of aromatic carboxylic acids is 1. The summed E-state index contributed by atoms with van der Waals surface area (Å²) in [5, 5.41) is 17.7. The van der Waals surface area contributed by atoms with Gasteiger partial charge in [-0.3, -0.25) is 0 Å². The quantitative estimate of drug-likeness (QED) is 0.734. The predicted molar refractivity (Wildman–Crippen MR) is 86.9 cm³/mol. The minimum absolute atomic E-state index is 0.307. The first-order valence-corrected chi connectivity index (χ1v) is 6.79. The number of carbonyl (C=O) groups is 1. The van der Waals surface area contributed by atoms with E-state index in [2.05, 4.69) is 0 Å². The van der Waals surface area contributed by atoms with Gasteiger partial charge < -0.3 is 10.2 Å². The minimum Gasteiger partial charge on any atom is -0.508 e. The van der Waals surface area contributed by atoms with E-state index in [4.69, 9.17) is 5.11 Å². The molecule has 2 N–H and O–H groups in total. The van der Waals surface area contributed by atoms with E-state index in [1.54, 1.807) is 42.5 Å². The van der Waals surface area contributed by atoms with Gasteiger partial charge in [-0.15, -0.1) is 0 Å². The number of phenolic OH excluding ortho intramolecular Hbond substituents is 1. The van der Waals surface area contributed by atoms with Crippen LogP contribution in [0.5, 0.6) is 5.75 Å². The van der Waals surface area contributed by atoms with Crippen LogP contribution in [0, 0.1) is 0 Å². The maximum absolute atomic E-state index is 10.2. The van der Waals surface area contributed by atoms with Crippen molar-refractivity contribution in [2.45, 2.75) is 0 Å². The SMILES string of the molecule is O=C(O)c1ccccc1.Oc1cccc(-c2ccccc2)c1. The normalized spacial score (nSPS) is 9.45. The lowest BCUT2D eigenvalue weighted by Gasteiger charge is -2.00. The summed E-state index contributed by atoms with van der Waals surface area (Å²) in [6, 6.07) is 25.5. The molecule has 0 aliphatic rings. The van der Waals surface area contributed by atoms with Crippen LogP contribution in [0.15, 0.2) is 84.9 Å². The fourth-order valence-electron chi connectivity index (χ4n) is 1.90. The van der Waals surface area contributed by atoms with Gasteiger partial charge in [0.15, 0.2) is 0 Å². The van der Waals surface area contributed by atoms with Crippen LogP contribution in [0.4, 0.5) is 0 Å². The molecule has 3 aromatic rings. The largest absolute Gasteiger partial charge is 0.508 e. The zero-order chi connectivity index (χ0) is 15.8. The third-order valence-corrected chi connectivity index (χ3v) is 2.97. The summed E-state index contributed by atoms with van der Waals surface area (Å²) in [7, 11) is 0. The predicted octanol–water partition coefficient (Wildman–Crippen LogP) is 4.44. The van der Waals surface area contributed by atoms with Crippen LogP contribution in [0.3, 0.4) is 0 Å². The first kappa shape index (κ1) is 15.3. The zero-order valence-corrected chi connectivity index (χ0v) is 11.9. The summed E-state index contributed by atoms with van der Waals surface area (Å²) < 4.78 is 0. The zero-order valence-electron chi connectivity index (χ0n) is 11.9. The highest BCUT2D eigenvalue weighted by atomic mass is 16.4. The van der Waals surface area contributed by atoms with Crippen LogP contribution in [0.2, 0.25) is 0 Å². The molecular weight excluding hydrogens is 276 g/mol. The van der Waals surface area contributed by atoms with E-state index in [1.165, 1.54) is 0 Å². The second-order valence-electron chi connectivity index (χ2n) is 4.59. The van der Waals surface area contributed by atoms with Gasteiger partial charge in [-0.05, 0) is 35.4 Å². The van der Waals surface area contributed by atoms with Crippen molar-refractivity contribution in [1.29, 1.82) is 0 Å². The minimum atomic E-state index is -0.879. The molecular formula is C19H16O3. The Bertz CT molecular complexity index is 722. The van der Waals surface area contributed by atoms with E-state index in [0.717, 1.165) is 11.1 Å². The number of aromatic hydroxyl groups is 1. The van der Waals surface area contributed by atoms with Crippen LogP contribution < -0.4 is 0 Å². The molecule has 0 amide bonds. The molecule has 0 atom stereocenters. The molecule has 0 bridgehead atoms. The van der Waals surface area contributed by atoms with Crippen molar-refractivity contribution in [3.8, 4) is 16.9 Å². The van der Waals surface area contributed by atoms with Crippen LogP contribution in [0.1, 0.15) is 10.4 Å².